The van der Waals surface area contributed by atoms with Crippen LogP contribution in [0.4, 0.5) is 4.79 Å². The van der Waals surface area contributed by atoms with Crippen molar-refractivity contribution in [3.05, 3.63) is 22.4 Å². The number of carbonyl (C=O) groups excluding carboxylic acids is 1. The second kappa shape index (κ2) is 6.44. The third-order valence-corrected chi connectivity index (χ3v) is 4.07. The molecule has 0 radical (unpaired) electrons. The molecule has 0 saturated heterocycles. The number of hydrogen-bond acceptors (Lipinski definition) is 4. The Labute approximate surface area is 127 Å². The molecule has 1 unspecified atom stereocenters. The highest BCUT2D eigenvalue weighted by atomic mass is 32.1. The van der Waals surface area contributed by atoms with E-state index in [0.29, 0.717) is 6.54 Å². The number of hydrogen-bond donors (Lipinski definition) is 3. The molecule has 1 saturated carbocycles. The predicted molar refractivity (Wildman–Crippen MR) is 79.2 cm³/mol. The number of nitrogens with one attached hydrogen (secondary N) is 1. The Kier molecular flexibility index (Phi) is 4.84. The first-order chi connectivity index (χ1) is 9.87. The normalized spacial score (nSPS) is 17.0. The number of thiophene rings is 1. The van der Waals surface area contributed by atoms with Gasteiger partial charge in [-0.1, -0.05) is 0 Å². The summed E-state index contributed by atoms with van der Waals surface area (Å²) in [7, 11) is 0. The number of aliphatic carboxylic acids is 1. The molecule has 21 heavy (non-hydrogen) atoms. The van der Waals surface area contributed by atoms with Crippen molar-refractivity contribution in [2.75, 3.05) is 6.54 Å². The Morgan fingerprint density at radius 1 is 1.52 bits per heavy atom. The second-order valence-electron chi connectivity index (χ2n) is 5.72. The van der Waals surface area contributed by atoms with Gasteiger partial charge in [0, 0.05) is 19.1 Å². The molecule has 1 aromatic rings. The van der Waals surface area contributed by atoms with E-state index in [1.807, 2.05) is 16.8 Å². The van der Waals surface area contributed by atoms with Crippen LogP contribution in [0.3, 0.4) is 0 Å². The van der Waals surface area contributed by atoms with Crippen molar-refractivity contribution in [3.63, 3.8) is 0 Å². The molecule has 1 heterocycles. The monoisotopic (exact) mass is 312 g/mol. The van der Waals surface area contributed by atoms with E-state index in [9.17, 15) is 14.7 Å². The van der Waals surface area contributed by atoms with E-state index in [2.05, 4.69) is 5.32 Å². The zero-order valence-electron chi connectivity index (χ0n) is 11.9. The van der Waals surface area contributed by atoms with Gasteiger partial charge in [0.2, 0.25) is 0 Å². The van der Waals surface area contributed by atoms with Gasteiger partial charge in [-0.15, -0.1) is 0 Å². The topological polar surface area (TPSA) is 89.9 Å². The SMILES string of the molecule is CC(O)(CNC(=O)N(Cc1ccsc1)C1CC1)CC(=O)O. The van der Waals surface area contributed by atoms with Crippen LogP contribution >= 0.6 is 11.3 Å². The molecule has 0 spiro atoms. The van der Waals surface area contributed by atoms with Crippen molar-refractivity contribution < 1.29 is 19.8 Å². The Morgan fingerprint density at radius 3 is 2.76 bits per heavy atom. The summed E-state index contributed by atoms with van der Waals surface area (Å²) in [6, 6.07) is 1.97. The summed E-state index contributed by atoms with van der Waals surface area (Å²) in [6.45, 7) is 1.87. The van der Waals surface area contributed by atoms with Crippen LogP contribution in [-0.2, 0) is 11.3 Å². The van der Waals surface area contributed by atoms with Gasteiger partial charge in [0.1, 0.15) is 0 Å². The number of aliphatic hydroxyl groups is 1. The van der Waals surface area contributed by atoms with Crippen molar-refractivity contribution in [2.45, 2.75) is 44.4 Å². The zero-order chi connectivity index (χ0) is 15.5. The van der Waals surface area contributed by atoms with Gasteiger partial charge in [0.05, 0.1) is 12.0 Å². The Hall–Kier alpha value is -1.60. The molecule has 1 aliphatic carbocycles. The number of carboxylic acid groups (broad SMARTS) is 1. The summed E-state index contributed by atoms with van der Waals surface area (Å²) in [6.07, 6.45) is 1.58. The number of nitrogens with zero attached hydrogens (tertiary/aromatic N) is 1. The van der Waals surface area contributed by atoms with E-state index in [1.54, 1.807) is 16.2 Å². The maximum absolute atomic E-state index is 12.2. The highest BCUT2D eigenvalue weighted by Crippen LogP contribution is 2.28. The largest absolute Gasteiger partial charge is 0.481 e. The lowest BCUT2D eigenvalue weighted by Crippen LogP contribution is -2.47. The Morgan fingerprint density at radius 2 is 2.24 bits per heavy atom. The molecule has 1 aliphatic rings. The van der Waals surface area contributed by atoms with Crippen molar-refractivity contribution in [1.29, 1.82) is 0 Å². The number of urea groups is 1. The molecule has 7 heteroatoms. The lowest BCUT2D eigenvalue weighted by molar-refractivity contribution is -0.141. The van der Waals surface area contributed by atoms with E-state index in [4.69, 9.17) is 5.11 Å². The maximum atomic E-state index is 12.2. The molecule has 0 bridgehead atoms. The van der Waals surface area contributed by atoms with E-state index in [0.717, 1.165) is 18.4 Å². The van der Waals surface area contributed by atoms with E-state index < -0.39 is 18.0 Å². The van der Waals surface area contributed by atoms with Crippen molar-refractivity contribution >= 4 is 23.3 Å². The molecule has 6 nitrogen and oxygen atoms in total. The highest BCUT2D eigenvalue weighted by molar-refractivity contribution is 7.07. The average molecular weight is 312 g/mol. The molecule has 2 amide bonds. The molecule has 2 rings (SSSR count). The summed E-state index contributed by atoms with van der Waals surface area (Å²) in [5.41, 5.74) is -0.363. The van der Waals surface area contributed by atoms with Crippen LogP contribution in [0.15, 0.2) is 16.8 Å². The quantitative estimate of drug-likeness (QED) is 0.714. The molecule has 0 aromatic carbocycles. The third-order valence-electron chi connectivity index (χ3n) is 3.33. The minimum Gasteiger partial charge on any atom is -0.481 e. The van der Waals surface area contributed by atoms with Gasteiger partial charge in [-0.3, -0.25) is 4.79 Å². The Bertz CT molecular complexity index is 497. The predicted octanol–water partition coefficient (Wildman–Crippen LogP) is 1.65. The number of carboxylic acids is 1. The average Bonchev–Trinajstić information content (AvgIpc) is 3.09. The molecule has 1 fully saturated rings. The zero-order valence-corrected chi connectivity index (χ0v) is 12.7. The van der Waals surface area contributed by atoms with Crippen molar-refractivity contribution in [2.24, 2.45) is 0 Å². The van der Waals surface area contributed by atoms with Gasteiger partial charge < -0.3 is 20.4 Å². The first-order valence-corrected chi connectivity index (χ1v) is 7.81. The summed E-state index contributed by atoms with van der Waals surface area (Å²) in [5, 5.41) is 25.2. The maximum Gasteiger partial charge on any atom is 0.318 e. The van der Waals surface area contributed by atoms with Gasteiger partial charge in [-0.05, 0) is 42.2 Å². The van der Waals surface area contributed by atoms with E-state index in [1.165, 1.54) is 6.92 Å². The second-order valence-corrected chi connectivity index (χ2v) is 6.50. The lowest BCUT2D eigenvalue weighted by Gasteiger charge is -2.26. The first kappa shape index (κ1) is 15.8. The van der Waals surface area contributed by atoms with Crippen LogP contribution in [0.2, 0.25) is 0 Å². The van der Waals surface area contributed by atoms with Gasteiger partial charge in [-0.25, -0.2) is 4.79 Å². The smallest absolute Gasteiger partial charge is 0.318 e. The molecule has 1 atom stereocenters. The lowest BCUT2D eigenvalue weighted by atomic mass is 10.0. The van der Waals surface area contributed by atoms with Crippen LogP contribution in [0.5, 0.6) is 0 Å². The van der Waals surface area contributed by atoms with Crippen molar-refractivity contribution in [3.8, 4) is 0 Å². The van der Waals surface area contributed by atoms with Crippen LogP contribution in [0.25, 0.3) is 0 Å². The highest BCUT2D eigenvalue weighted by Gasteiger charge is 2.34. The third kappa shape index (κ3) is 5.02. The standard InChI is InChI=1S/C14H20N2O4S/c1-14(20,6-12(17)18)9-15-13(19)16(11-2-3-11)7-10-4-5-21-8-10/h4-5,8,11,20H,2-3,6-7,9H2,1H3,(H,15,19)(H,17,18). The molecule has 3 N–H and O–H groups in total. The summed E-state index contributed by atoms with van der Waals surface area (Å²) < 4.78 is 0. The van der Waals surface area contributed by atoms with Crippen molar-refractivity contribution in [1.82, 2.24) is 10.2 Å². The number of carbonyl (C=O) groups is 2. The van der Waals surface area contributed by atoms with Gasteiger partial charge in [0.15, 0.2) is 0 Å². The van der Waals surface area contributed by atoms with E-state index >= 15 is 0 Å². The molecular weight excluding hydrogens is 292 g/mol. The summed E-state index contributed by atoms with van der Waals surface area (Å²) >= 11 is 1.59. The van der Waals surface area contributed by atoms with E-state index in [-0.39, 0.29) is 18.6 Å². The van der Waals surface area contributed by atoms with Gasteiger partial charge in [-0.2, -0.15) is 11.3 Å². The number of rotatable bonds is 7. The fourth-order valence-electron chi connectivity index (χ4n) is 2.09. The van der Waals surface area contributed by atoms with Gasteiger partial charge >= 0.3 is 12.0 Å². The summed E-state index contributed by atoms with van der Waals surface area (Å²) in [5.74, 6) is -1.09. The fraction of sp³-hybridized carbons (Fsp3) is 0.571. The van der Waals surface area contributed by atoms with Crippen LogP contribution < -0.4 is 5.32 Å². The molecule has 116 valence electrons. The minimum atomic E-state index is -1.45. The minimum absolute atomic E-state index is 0.0784. The fourth-order valence-corrected chi connectivity index (χ4v) is 2.75. The van der Waals surface area contributed by atoms with Gasteiger partial charge in [0.25, 0.3) is 0 Å². The molecule has 1 aromatic heterocycles. The molecule has 0 aliphatic heterocycles. The Balaban J connectivity index is 1.89. The molecular formula is C14H20N2O4S. The summed E-state index contributed by atoms with van der Waals surface area (Å²) in [4.78, 5) is 24.6. The van der Waals surface area contributed by atoms with Crippen LogP contribution in [-0.4, -0.2) is 45.3 Å². The van der Waals surface area contributed by atoms with Crippen LogP contribution in [0.1, 0.15) is 31.7 Å². The number of amides is 2. The first-order valence-electron chi connectivity index (χ1n) is 6.87. The van der Waals surface area contributed by atoms with Crippen LogP contribution in [0, 0.1) is 0 Å².